The van der Waals surface area contributed by atoms with Crippen LogP contribution in [0.2, 0.25) is 5.02 Å². The molecule has 0 saturated carbocycles. The highest BCUT2D eigenvalue weighted by molar-refractivity contribution is 6.32. The van der Waals surface area contributed by atoms with Gasteiger partial charge in [-0.05, 0) is 49.2 Å². The third-order valence-electron chi connectivity index (χ3n) is 4.30. The molecule has 0 aliphatic heterocycles. The summed E-state index contributed by atoms with van der Waals surface area (Å²) in [5.74, 6) is 0.518. The molecular formula is C22H23ClN4O3. The van der Waals surface area contributed by atoms with E-state index in [1.54, 1.807) is 41.2 Å². The van der Waals surface area contributed by atoms with Crippen LogP contribution in [0.1, 0.15) is 18.5 Å². The summed E-state index contributed by atoms with van der Waals surface area (Å²) in [4.78, 5) is 27.9. The second-order valence-corrected chi connectivity index (χ2v) is 6.98. The van der Waals surface area contributed by atoms with E-state index < -0.39 is 0 Å². The predicted molar refractivity (Wildman–Crippen MR) is 117 cm³/mol. The second kappa shape index (κ2) is 11.0. The number of benzene rings is 1. The van der Waals surface area contributed by atoms with Crippen molar-refractivity contribution in [3.63, 3.8) is 0 Å². The Balaban J connectivity index is 1.39. The SMILES string of the molecule is O=C(NCCCCn1ccccc1=O)Nc1ccc(OCc2ccccn2)c(Cl)c1. The summed E-state index contributed by atoms with van der Waals surface area (Å²) < 4.78 is 7.32. The van der Waals surface area contributed by atoms with Crippen LogP contribution in [0.4, 0.5) is 10.5 Å². The molecule has 0 aliphatic carbocycles. The number of urea groups is 1. The molecule has 2 heterocycles. The maximum absolute atomic E-state index is 12.0. The maximum Gasteiger partial charge on any atom is 0.319 e. The minimum atomic E-state index is -0.315. The van der Waals surface area contributed by atoms with Crippen LogP contribution in [0.3, 0.4) is 0 Å². The van der Waals surface area contributed by atoms with Gasteiger partial charge in [-0.1, -0.05) is 23.7 Å². The van der Waals surface area contributed by atoms with E-state index in [9.17, 15) is 9.59 Å². The number of aromatic nitrogens is 2. The van der Waals surface area contributed by atoms with Crippen molar-refractivity contribution in [3.05, 3.63) is 88.1 Å². The first kappa shape index (κ1) is 21.4. The van der Waals surface area contributed by atoms with Crippen LogP contribution in [0.15, 0.2) is 71.8 Å². The van der Waals surface area contributed by atoms with Crippen molar-refractivity contribution in [2.75, 3.05) is 11.9 Å². The number of ether oxygens (including phenoxy) is 1. The Bertz CT molecular complexity index is 1020. The molecule has 3 aromatic rings. The summed E-state index contributed by atoms with van der Waals surface area (Å²) in [6.45, 7) is 1.44. The van der Waals surface area contributed by atoms with Crippen LogP contribution < -0.4 is 20.9 Å². The quantitative estimate of drug-likeness (QED) is 0.505. The maximum atomic E-state index is 12.0. The lowest BCUT2D eigenvalue weighted by Gasteiger charge is -2.11. The molecule has 0 aliphatic rings. The van der Waals surface area contributed by atoms with Gasteiger partial charge >= 0.3 is 6.03 Å². The van der Waals surface area contributed by atoms with Crippen molar-refractivity contribution >= 4 is 23.3 Å². The number of hydrogen-bond donors (Lipinski definition) is 2. The van der Waals surface area contributed by atoms with Gasteiger partial charge in [-0.2, -0.15) is 0 Å². The molecule has 8 heteroatoms. The van der Waals surface area contributed by atoms with Crippen LogP contribution in [-0.2, 0) is 13.2 Å². The first-order valence-electron chi connectivity index (χ1n) is 9.64. The monoisotopic (exact) mass is 426 g/mol. The van der Waals surface area contributed by atoms with Gasteiger partial charge in [0.2, 0.25) is 5.56 Å². The number of carbonyl (C=O) groups excluding carboxylic acids is 1. The molecule has 7 nitrogen and oxygen atoms in total. The van der Waals surface area contributed by atoms with Crippen molar-refractivity contribution in [2.24, 2.45) is 0 Å². The number of aryl methyl sites for hydroxylation is 1. The van der Waals surface area contributed by atoms with Gasteiger partial charge in [-0.15, -0.1) is 0 Å². The zero-order valence-electron chi connectivity index (χ0n) is 16.4. The first-order chi connectivity index (χ1) is 14.6. The average Bonchev–Trinajstić information content (AvgIpc) is 2.75. The Morgan fingerprint density at radius 1 is 1.10 bits per heavy atom. The van der Waals surface area contributed by atoms with Gasteiger partial charge in [0.15, 0.2) is 0 Å². The van der Waals surface area contributed by atoms with Crippen LogP contribution in [0.25, 0.3) is 0 Å². The molecule has 3 rings (SSSR count). The van der Waals surface area contributed by atoms with Crippen molar-refractivity contribution in [3.8, 4) is 5.75 Å². The summed E-state index contributed by atoms with van der Waals surface area (Å²) in [5.41, 5.74) is 1.35. The highest BCUT2D eigenvalue weighted by Gasteiger charge is 2.07. The molecule has 2 N–H and O–H groups in total. The molecule has 0 unspecified atom stereocenters. The molecule has 0 bridgehead atoms. The van der Waals surface area contributed by atoms with Gasteiger partial charge in [0, 0.05) is 37.2 Å². The van der Waals surface area contributed by atoms with Gasteiger partial charge in [-0.25, -0.2) is 4.79 Å². The van der Waals surface area contributed by atoms with E-state index in [-0.39, 0.29) is 11.6 Å². The summed E-state index contributed by atoms with van der Waals surface area (Å²) in [7, 11) is 0. The van der Waals surface area contributed by atoms with E-state index in [0.717, 1.165) is 18.5 Å². The highest BCUT2D eigenvalue weighted by atomic mass is 35.5. The van der Waals surface area contributed by atoms with Gasteiger partial charge in [-0.3, -0.25) is 9.78 Å². The average molecular weight is 427 g/mol. The van der Waals surface area contributed by atoms with Crippen molar-refractivity contribution in [1.29, 1.82) is 0 Å². The van der Waals surface area contributed by atoms with E-state index in [0.29, 0.717) is 36.2 Å². The second-order valence-electron chi connectivity index (χ2n) is 6.58. The summed E-state index contributed by atoms with van der Waals surface area (Å²) in [6.07, 6.45) is 5.01. The third-order valence-corrected chi connectivity index (χ3v) is 4.60. The van der Waals surface area contributed by atoms with Crippen LogP contribution in [-0.4, -0.2) is 22.1 Å². The lowest BCUT2D eigenvalue weighted by molar-refractivity contribution is 0.252. The Morgan fingerprint density at radius 3 is 2.73 bits per heavy atom. The van der Waals surface area contributed by atoms with Crippen LogP contribution in [0.5, 0.6) is 5.75 Å². The Labute approximate surface area is 179 Å². The van der Waals surface area contributed by atoms with Gasteiger partial charge < -0.3 is 19.9 Å². The molecule has 0 saturated heterocycles. The predicted octanol–water partition coefficient (Wildman–Crippen LogP) is 4.08. The van der Waals surface area contributed by atoms with Gasteiger partial charge in [0.25, 0.3) is 0 Å². The summed E-state index contributed by atoms with van der Waals surface area (Å²) in [6, 6.07) is 15.4. The van der Waals surface area contributed by atoms with Crippen molar-refractivity contribution in [1.82, 2.24) is 14.9 Å². The number of hydrogen-bond acceptors (Lipinski definition) is 4. The number of anilines is 1. The zero-order chi connectivity index (χ0) is 21.2. The molecule has 2 amide bonds. The van der Waals surface area contributed by atoms with Crippen molar-refractivity contribution in [2.45, 2.75) is 26.0 Å². The molecule has 1 aromatic carbocycles. The molecule has 156 valence electrons. The van der Waals surface area contributed by atoms with Gasteiger partial charge in [0.1, 0.15) is 12.4 Å². The molecule has 2 aromatic heterocycles. The largest absolute Gasteiger partial charge is 0.486 e. The molecule has 0 fully saturated rings. The number of amides is 2. The Hall–Kier alpha value is -3.32. The van der Waals surface area contributed by atoms with E-state index in [1.807, 2.05) is 24.3 Å². The first-order valence-corrected chi connectivity index (χ1v) is 10.0. The van der Waals surface area contributed by atoms with E-state index in [2.05, 4.69) is 15.6 Å². The number of carbonyl (C=O) groups is 1. The number of nitrogens with zero attached hydrogens (tertiary/aromatic N) is 2. The minimum absolute atomic E-state index is 0.0208. The van der Waals surface area contributed by atoms with Gasteiger partial charge in [0.05, 0.1) is 10.7 Å². The third kappa shape index (κ3) is 6.63. The molecule has 30 heavy (non-hydrogen) atoms. The Morgan fingerprint density at radius 2 is 1.97 bits per heavy atom. The molecule has 0 atom stereocenters. The summed E-state index contributed by atoms with van der Waals surface area (Å²) >= 11 is 6.25. The van der Waals surface area contributed by atoms with Crippen molar-refractivity contribution < 1.29 is 9.53 Å². The number of nitrogens with one attached hydrogen (secondary N) is 2. The number of unbranched alkanes of at least 4 members (excludes halogenated alkanes) is 1. The van der Waals surface area contributed by atoms with E-state index in [4.69, 9.17) is 16.3 Å². The topological polar surface area (TPSA) is 85.2 Å². The summed E-state index contributed by atoms with van der Waals surface area (Å²) in [5, 5.41) is 5.94. The number of halogens is 1. The highest BCUT2D eigenvalue weighted by Crippen LogP contribution is 2.28. The fourth-order valence-corrected chi connectivity index (χ4v) is 3.00. The van der Waals surface area contributed by atoms with Crippen LogP contribution in [0, 0.1) is 0 Å². The van der Waals surface area contributed by atoms with Crippen LogP contribution >= 0.6 is 11.6 Å². The smallest absolute Gasteiger partial charge is 0.319 e. The van der Waals surface area contributed by atoms with E-state index >= 15 is 0 Å². The lowest BCUT2D eigenvalue weighted by Crippen LogP contribution is -2.29. The van der Waals surface area contributed by atoms with E-state index in [1.165, 1.54) is 6.07 Å². The Kier molecular flexibility index (Phi) is 7.86. The standard InChI is InChI=1S/C22H23ClN4O3/c23-19-15-17(9-10-20(19)30-16-18-7-1-3-11-24-18)26-22(29)25-12-4-6-14-27-13-5-2-8-21(27)28/h1-3,5,7-11,13,15H,4,6,12,14,16H2,(H2,25,26,29). The number of pyridine rings is 2. The molecular weight excluding hydrogens is 404 g/mol. The fourth-order valence-electron chi connectivity index (χ4n) is 2.76. The zero-order valence-corrected chi connectivity index (χ0v) is 17.1. The minimum Gasteiger partial charge on any atom is -0.486 e. The normalized spacial score (nSPS) is 10.4. The number of rotatable bonds is 9. The fraction of sp³-hybridized carbons (Fsp3) is 0.227. The molecule has 0 spiro atoms. The lowest BCUT2D eigenvalue weighted by atomic mass is 10.3. The molecule has 0 radical (unpaired) electrons.